The highest BCUT2D eigenvalue weighted by Gasteiger charge is 2.52. The van der Waals surface area contributed by atoms with Crippen molar-refractivity contribution in [2.75, 3.05) is 6.54 Å². The lowest BCUT2D eigenvalue weighted by Crippen LogP contribution is -2.41. The van der Waals surface area contributed by atoms with E-state index in [-0.39, 0.29) is 18.0 Å². The van der Waals surface area contributed by atoms with E-state index >= 15 is 0 Å². The van der Waals surface area contributed by atoms with Crippen molar-refractivity contribution in [1.29, 1.82) is 0 Å². The summed E-state index contributed by atoms with van der Waals surface area (Å²) in [6.07, 6.45) is 2.85. The number of aromatic amines is 2. The average molecular weight is 335 g/mol. The molecule has 3 N–H and O–H groups in total. The summed E-state index contributed by atoms with van der Waals surface area (Å²) in [6, 6.07) is 0. The molecule has 8 nitrogen and oxygen atoms in total. The van der Waals surface area contributed by atoms with Gasteiger partial charge in [0.25, 0.3) is 5.56 Å². The molecule has 0 radical (unpaired) electrons. The molecule has 1 amide bonds. The number of H-pyrrole nitrogens is 2. The van der Waals surface area contributed by atoms with Gasteiger partial charge in [-0.15, -0.1) is 0 Å². The first-order valence-electron chi connectivity index (χ1n) is 7.64. The molecular formula is C15H22BN3O5. The maximum absolute atomic E-state index is 11.9. The smallest absolute Gasteiger partial charge is 0.400 e. The van der Waals surface area contributed by atoms with Crippen LogP contribution in [0.1, 0.15) is 40.2 Å². The van der Waals surface area contributed by atoms with E-state index in [2.05, 4.69) is 15.3 Å². The van der Waals surface area contributed by atoms with Crippen molar-refractivity contribution >= 4 is 19.1 Å². The fourth-order valence-corrected chi connectivity index (χ4v) is 2.15. The van der Waals surface area contributed by atoms with Gasteiger partial charge in [0.05, 0.1) is 16.8 Å². The SMILES string of the molecule is CC(=O)NCC(=Cc1c[nH]c(=O)[nH]c1=O)B1OC(C)(C)C(C)(C)O1. The van der Waals surface area contributed by atoms with Gasteiger partial charge < -0.3 is 19.6 Å². The molecular weight excluding hydrogens is 313 g/mol. The first-order valence-corrected chi connectivity index (χ1v) is 7.64. The molecule has 0 unspecified atom stereocenters. The standard InChI is InChI=1S/C15H22BN3O5/c1-9(20)17-8-11(6-10-7-18-13(22)19-12(10)21)16-23-14(2,3)15(4,5)24-16/h6-7H,8H2,1-5H3,(H,17,20)(H2,18,19,21,22). The van der Waals surface area contributed by atoms with Gasteiger partial charge in [-0.25, -0.2) is 4.79 Å². The Balaban J connectivity index is 2.38. The van der Waals surface area contributed by atoms with Crippen LogP contribution >= 0.6 is 0 Å². The van der Waals surface area contributed by atoms with E-state index in [0.717, 1.165) is 0 Å². The van der Waals surface area contributed by atoms with Gasteiger partial charge in [-0.2, -0.15) is 0 Å². The van der Waals surface area contributed by atoms with Gasteiger partial charge in [0, 0.05) is 19.7 Å². The summed E-state index contributed by atoms with van der Waals surface area (Å²) in [7, 11) is -0.715. The molecule has 9 heteroatoms. The van der Waals surface area contributed by atoms with Crippen molar-refractivity contribution < 1.29 is 14.1 Å². The van der Waals surface area contributed by atoms with Gasteiger partial charge in [0.1, 0.15) is 0 Å². The molecule has 1 aromatic heterocycles. The summed E-state index contributed by atoms with van der Waals surface area (Å²) in [5.41, 5.74) is -1.41. The van der Waals surface area contributed by atoms with Crippen LogP contribution < -0.4 is 16.6 Å². The molecule has 0 aliphatic carbocycles. The van der Waals surface area contributed by atoms with E-state index in [9.17, 15) is 14.4 Å². The second kappa shape index (κ2) is 6.41. The van der Waals surface area contributed by atoms with Gasteiger partial charge in [0.2, 0.25) is 5.91 Å². The normalized spacial score (nSPS) is 19.4. The van der Waals surface area contributed by atoms with Crippen molar-refractivity contribution in [2.45, 2.75) is 45.8 Å². The molecule has 2 rings (SSSR count). The second-order valence-electron chi connectivity index (χ2n) is 6.74. The third-order valence-electron chi connectivity index (χ3n) is 4.29. The molecule has 0 aromatic carbocycles. The highest BCUT2D eigenvalue weighted by molar-refractivity contribution is 6.56. The Morgan fingerprint density at radius 1 is 1.25 bits per heavy atom. The Morgan fingerprint density at radius 2 is 1.83 bits per heavy atom. The van der Waals surface area contributed by atoms with Gasteiger partial charge in [-0.05, 0) is 33.2 Å². The van der Waals surface area contributed by atoms with Gasteiger partial charge >= 0.3 is 12.8 Å². The van der Waals surface area contributed by atoms with Crippen molar-refractivity contribution in [3.63, 3.8) is 0 Å². The zero-order valence-corrected chi connectivity index (χ0v) is 14.5. The number of hydrogen-bond acceptors (Lipinski definition) is 5. The summed E-state index contributed by atoms with van der Waals surface area (Å²) >= 11 is 0. The third kappa shape index (κ3) is 3.85. The topological polar surface area (TPSA) is 113 Å². The molecule has 0 atom stereocenters. The molecule has 0 saturated carbocycles. The fourth-order valence-electron chi connectivity index (χ4n) is 2.15. The minimum atomic E-state index is -0.715. The number of hydrogen-bond donors (Lipinski definition) is 3. The molecule has 0 spiro atoms. The van der Waals surface area contributed by atoms with Crippen LogP contribution in [0.5, 0.6) is 0 Å². The Labute approximate surface area is 139 Å². The molecule has 1 saturated heterocycles. The fraction of sp³-hybridized carbons (Fsp3) is 0.533. The minimum absolute atomic E-state index is 0.157. The van der Waals surface area contributed by atoms with Crippen LogP contribution in [-0.4, -0.2) is 40.7 Å². The number of carbonyl (C=O) groups excluding carboxylic acids is 1. The first-order chi connectivity index (χ1) is 11.0. The van der Waals surface area contributed by atoms with E-state index in [1.165, 1.54) is 13.1 Å². The predicted molar refractivity (Wildman–Crippen MR) is 90.4 cm³/mol. The Kier molecular flexibility index (Phi) is 4.86. The molecule has 24 heavy (non-hydrogen) atoms. The predicted octanol–water partition coefficient (Wildman–Crippen LogP) is 0.214. The zero-order valence-electron chi connectivity index (χ0n) is 14.5. The van der Waals surface area contributed by atoms with E-state index < -0.39 is 29.6 Å². The average Bonchev–Trinajstić information content (AvgIpc) is 2.65. The second-order valence-corrected chi connectivity index (χ2v) is 6.74. The van der Waals surface area contributed by atoms with Crippen LogP contribution in [0, 0.1) is 0 Å². The highest BCUT2D eigenvalue weighted by Crippen LogP contribution is 2.38. The Hall–Kier alpha value is -2.13. The zero-order chi connectivity index (χ0) is 18.1. The molecule has 1 aromatic rings. The van der Waals surface area contributed by atoms with Gasteiger partial charge in [-0.1, -0.05) is 6.08 Å². The minimum Gasteiger partial charge on any atom is -0.400 e. The lowest BCUT2D eigenvalue weighted by Gasteiger charge is -2.32. The van der Waals surface area contributed by atoms with Crippen LogP contribution in [0.15, 0.2) is 21.3 Å². The summed E-state index contributed by atoms with van der Waals surface area (Å²) in [5.74, 6) is -0.215. The number of rotatable bonds is 4. The quantitative estimate of drug-likeness (QED) is 0.681. The summed E-state index contributed by atoms with van der Waals surface area (Å²) < 4.78 is 11.9. The van der Waals surface area contributed by atoms with Crippen LogP contribution in [0.2, 0.25) is 0 Å². The van der Waals surface area contributed by atoms with Crippen LogP contribution in [0.3, 0.4) is 0 Å². The number of nitrogens with one attached hydrogen (secondary N) is 3. The molecule has 1 fully saturated rings. The summed E-state index contributed by atoms with van der Waals surface area (Å²) in [4.78, 5) is 38.8. The van der Waals surface area contributed by atoms with Gasteiger partial charge in [-0.3, -0.25) is 14.6 Å². The van der Waals surface area contributed by atoms with Crippen LogP contribution in [0.4, 0.5) is 0 Å². The Bertz CT molecular complexity index is 762. The number of aromatic nitrogens is 2. The van der Waals surface area contributed by atoms with E-state index in [1.807, 2.05) is 27.7 Å². The monoisotopic (exact) mass is 335 g/mol. The van der Waals surface area contributed by atoms with E-state index in [4.69, 9.17) is 9.31 Å². The van der Waals surface area contributed by atoms with Crippen LogP contribution in [0.25, 0.3) is 6.08 Å². The van der Waals surface area contributed by atoms with Crippen molar-refractivity contribution in [1.82, 2.24) is 15.3 Å². The first kappa shape index (κ1) is 18.2. The molecule has 130 valence electrons. The van der Waals surface area contributed by atoms with E-state index in [0.29, 0.717) is 5.47 Å². The highest BCUT2D eigenvalue weighted by atomic mass is 16.7. The van der Waals surface area contributed by atoms with Gasteiger partial charge in [0.15, 0.2) is 0 Å². The molecule has 1 aliphatic heterocycles. The van der Waals surface area contributed by atoms with Crippen molar-refractivity contribution in [3.05, 3.63) is 38.1 Å². The molecule has 2 heterocycles. The number of carbonyl (C=O) groups is 1. The largest absolute Gasteiger partial charge is 0.492 e. The lowest BCUT2D eigenvalue weighted by molar-refractivity contribution is -0.118. The summed E-state index contributed by atoms with van der Waals surface area (Å²) in [5, 5.41) is 2.68. The third-order valence-corrected chi connectivity index (χ3v) is 4.29. The summed E-state index contributed by atoms with van der Waals surface area (Å²) in [6.45, 7) is 9.21. The maximum atomic E-state index is 11.9. The molecule has 1 aliphatic rings. The van der Waals surface area contributed by atoms with Crippen molar-refractivity contribution in [3.8, 4) is 0 Å². The Morgan fingerprint density at radius 3 is 2.33 bits per heavy atom. The maximum Gasteiger partial charge on any atom is 0.492 e. The van der Waals surface area contributed by atoms with E-state index in [1.54, 1.807) is 6.08 Å². The van der Waals surface area contributed by atoms with Crippen molar-refractivity contribution in [2.24, 2.45) is 0 Å². The lowest BCUT2D eigenvalue weighted by atomic mass is 9.77. The molecule has 0 bridgehead atoms. The van der Waals surface area contributed by atoms with Crippen LogP contribution in [-0.2, 0) is 14.1 Å². The number of amides is 1.